The summed E-state index contributed by atoms with van der Waals surface area (Å²) in [4.78, 5) is 0. The minimum atomic E-state index is 0. The van der Waals surface area contributed by atoms with Crippen molar-refractivity contribution in [3.8, 4) is 0 Å². The van der Waals surface area contributed by atoms with Crippen LogP contribution in [0.1, 0.15) is 1.43 Å². The summed E-state index contributed by atoms with van der Waals surface area (Å²) in [5.74, 6) is 0. The first-order chi connectivity index (χ1) is 1.41. The maximum atomic E-state index is 4.78. The van der Waals surface area contributed by atoms with Crippen molar-refractivity contribution in [1.82, 2.24) is 0 Å². The van der Waals surface area contributed by atoms with Gasteiger partial charge < -0.3 is 7.16 Å². The molecular weight excluding hydrogens is 84.5 g/mol. The van der Waals surface area contributed by atoms with Gasteiger partial charge in [-0.1, -0.05) is 0 Å². The third-order valence-electron chi connectivity index (χ3n) is 0. The zero-order valence-corrected chi connectivity index (χ0v) is 5.42. The molecule has 0 saturated carbocycles. The van der Waals surface area contributed by atoms with E-state index >= 15 is 0 Å². The van der Waals surface area contributed by atoms with Crippen LogP contribution in [0.2, 0.25) is 0 Å². The molecule has 0 heterocycles. The van der Waals surface area contributed by atoms with Crippen LogP contribution in [-0.2, 0) is 0 Å². The Bertz CT molecular complexity index is 11.6. The fourth-order valence-corrected chi connectivity index (χ4v) is 0. The van der Waals surface area contributed by atoms with Crippen molar-refractivity contribution in [2.24, 2.45) is 5.73 Å². The van der Waals surface area contributed by atoms with Crippen LogP contribution in [0.25, 0.3) is 0 Å². The smallest absolute Gasteiger partial charge is 1.00 e. The molecule has 0 aliphatic heterocycles. The molecule has 0 atom stereocenters. The first-order valence-electron chi connectivity index (χ1n) is 0.676. The van der Waals surface area contributed by atoms with Crippen LogP contribution >= 0.6 is 11.6 Å². The Morgan fingerprint density at radius 1 is 2.00 bits per heavy atom. The van der Waals surface area contributed by atoms with E-state index in [0.717, 1.165) is 0 Å². The molecule has 0 aliphatic carbocycles. The Hall–Kier alpha value is 1.25. The van der Waals surface area contributed by atoms with E-state index in [9.17, 15) is 0 Å². The summed E-state index contributed by atoms with van der Waals surface area (Å²) in [6.45, 7) is 0. The number of rotatable bonds is 0. The van der Waals surface area contributed by atoms with Crippen LogP contribution in [0, 0.1) is 0 Å². The van der Waals surface area contributed by atoms with E-state index < -0.39 is 0 Å². The molecule has 0 rings (SSSR count). The Balaban J connectivity index is -0.0000000200. The van der Waals surface area contributed by atoms with Gasteiger partial charge in [0.25, 0.3) is 0 Å². The van der Waals surface area contributed by atoms with E-state index in [2.05, 4.69) is 5.73 Å². The van der Waals surface area contributed by atoms with Gasteiger partial charge in [-0.3, -0.25) is 0 Å². The number of hydrogen-bond acceptors (Lipinski definition) is 1. The van der Waals surface area contributed by atoms with Gasteiger partial charge in [0, 0.05) is 0 Å². The minimum absolute atomic E-state index is 0. The van der Waals surface area contributed by atoms with Crippen molar-refractivity contribution in [3.63, 3.8) is 0 Å². The molecule has 4 heavy (non-hydrogen) atoms. The van der Waals surface area contributed by atoms with E-state index in [-0.39, 0.29) is 37.0 Å². The van der Waals surface area contributed by atoms with Crippen molar-refractivity contribution in [3.05, 3.63) is 0 Å². The van der Waals surface area contributed by atoms with Gasteiger partial charge in [0.15, 0.2) is 0 Å². The van der Waals surface area contributed by atoms with Gasteiger partial charge in [-0.25, -0.2) is 0 Å². The Morgan fingerprint density at radius 2 is 2.00 bits per heavy atom. The zero-order valence-electron chi connectivity index (χ0n) is 3.66. The van der Waals surface area contributed by atoms with Crippen LogP contribution in [0.4, 0.5) is 0 Å². The molecule has 22 valence electrons. The van der Waals surface area contributed by atoms with Crippen molar-refractivity contribution < 1.29 is 31.0 Å². The summed E-state index contributed by atoms with van der Waals surface area (Å²) < 4.78 is 0. The Kier molecular flexibility index (Phi) is 19.9. The molecule has 0 aliphatic rings. The molecule has 3 heteroatoms. The second kappa shape index (κ2) is 8.87. The quantitative estimate of drug-likeness (QED) is 0.195. The van der Waals surface area contributed by atoms with Gasteiger partial charge in [0.05, 0.1) is 6.00 Å². The zero-order chi connectivity index (χ0) is 2.71. The number of halogens is 1. The molecule has 0 unspecified atom stereocenters. The van der Waals surface area contributed by atoms with Crippen molar-refractivity contribution in [1.29, 1.82) is 0 Å². The SMILES string of the molecule is NCCl.[H-].[Na+]. The summed E-state index contributed by atoms with van der Waals surface area (Å²) in [6.07, 6.45) is 0. The first kappa shape index (κ1) is 8.98. The number of nitrogens with two attached hydrogens (primary N) is 1. The van der Waals surface area contributed by atoms with Gasteiger partial charge in [0.2, 0.25) is 0 Å². The normalized spacial score (nSPS) is 4.50. The van der Waals surface area contributed by atoms with Crippen molar-refractivity contribution in [2.75, 3.05) is 6.00 Å². The summed E-state index contributed by atoms with van der Waals surface area (Å²) in [5.41, 5.74) is 4.61. The summed E-state index contributed by atoms with van der Waals surface area (Å²) in [7, 11) is 0. The molecule has 0 saturated heterocycles. The fraction of sp³-hybridized carbons (Fsp3) is 1.00. The maximum absolute atomic E-state index is 4.78. The number of alkyl halides is 1. The molecule has 2 N–H and O–H groups in total. The molecule has 0 bridgehead atoms. The van der Waals surface area contributed by atoms with E-state index in [4.69, 9.17) is 11.6 Å². The maximum Gasteiger partial charge on any atom is 1.00 e. The van der Waals surface area contributed by atoms with Crippen LogP contribution in [-0.4, -0.2) is 6.00 Å². The van der Waals surface area contributed by atoms with E-state index in [1.807, 2.05) is 0 Å². The molecule has 0 radical (unpaired) electrons. The third kappa shape index (κ3) is 10.5. The molecule has 0 amide bonds. The first-order valence-corrected chi connectivity index (χ1v) is 1.21. The summed E-state index contributed by atoms with van der Waals surface area (Å²) >= 11 is 4.78. The monoisotopic (exact) mass is 89.0 g/mol. The van der Waals surface area contributed by atoms with Crippen LogP contribution < -0.4 is 35.3 Å². The van der Waals surface area contributed by atoms with Gasteiger partial charge in [-0.05, 0) is 0 Å². The topological polar surface area (TPSA) is 26.0 Å². The van der Waals surface area contributed by atoms with Gasteiger partial charge >= 0.3 is 29.6 Å². The molecule has 0 fully saturated rings. The summed E-state index contributed by atoms with van der Waals surface area (Å²) in [5, 5.41) is 0. The van der Waals surface area contributed by atoms with Crippen LogP contribution in [0.15, 0.2) is 0 Å². The number of hydrogen-bond donors (Lipinski definition) is 1. The van der Waals surface area contributed by atoms with Crippen molar-refractivity contribution in [2.45, 2.75) is 0 Å². The minimum Gasteiger partial charge on any atom is -1.00 e. The fourth-order valence-electron chi connectivity index (χ4n) is 0. The predicted octanol–water partition coefficient (Wildman–Crippen LogP) is -2.74. The molecule has 0 aromatic carbocycles. The second-order valence-electron chi connectivity index (χ2n) is 0.154. The van der Waals surface area contributed by atoms with E-state index in [1.165, 1.54) is 0 Å². The average molecular weight is 89.5 g/mol. The molecule has 0 aromatic heterocycles. The summed E-state index contributed by atoms with van der Waals surface area (Å²) in [6, 6.07) is 0.222. The molecule has 0 aromatic rings. The van der Waals surface area contributed by atoms with Gasteiger partial charge in [0.1, 0.15) is 0 Å². The average Bonchev–Trinajstić information content (AvgIpc) is 0.918. The van der Waals surface area contributed by atoms with Gasteiger partial charge in [-0.15, -0.1) is 11.6 Å². The van der Waals surface area contributed by atoms with Gasteiger partial charge in [-0.2, -0.15) is 0 Å². The van der Waals surface area contributed by atoms with Crippen LogP contribution in [0.3, 0.4) is 0 Å². The van der Waals surface area contributed by atoms with E-state index in [0.29, 0.717) is 0 Å². The largest absolute Gasteiger partial charge is 1.00 e. The second-order valence-corrected chi connectivity index (χ2v) is 0.463. The van der Waals surface area contributed by atoms with Crippen molar-refractivity contribution >= 4 is 11.6 Å². The molecule has 1 nitrogen and oxygen atoms in total. The predicted molar refractivity (Wildman–Crippen MR) is 16.0 cm³/mol. The Morgan fingerprint density at radius 3 is 2.00 bits per heavy atom. The standard InChI is InChI=1S/CH4ClN.Na.H/c2-1-3;;/h1,3H2;;/q;+1;-1. The van der Waals surface area contributed by atoms with E-state index in [1.54, 1.807) is 0 Å². The Labute approximate surface area is 54.3 Å². The molecular formula is CH5ClNNa. The third-order valence-corrected chi connectivity index (χ3v) is 0. The molecule has 0 spiro atoms. The van der Waals surface area contributed by atoms with Crippen LogP contribution in [0.5, 0.6) is 0 Å².